The van der Waals surface area contributed by atoms with Crippen LogP contribution in [0.3, 0.4) is 0 Å². The van der Waals surface area contributed by atoms with Gasteiger partial charge in [0.05, 0.1) is 28.9 Å². The van der Waals surface area contributed by atoms with E-state index in [9.17, 15) is 10.00 Å². The van der Waals surface area contributed by atoms with E-state index in [1.807, 2.05) is 21.1 Å². The fraction of sp³-hybridized carbons (Fsp3) is 0.952. The zero-order valence-corrected chi connectivity index (χ0v) is 18.5. The van der Waals surface area contributed by atoms with Crippen LogP contribution >= 0.6 is 7.77 Å². The normalized spacial score (nSPS) is 13.2. The SMILES string of the molecule is CCCCCCCCCCCCCCCC/[P+]([O-])=C(\O)C[N+](C)(C)C. The summed E-state index contributed by atoms with van der Waals surface area (Å²) in [4.78, 5) is 12.0. The van der Waals surface area contributed by atoms with Crippen molar-refractivity contribution in [3.05, 3.63) is 0 Å². The number of nitrogens with zero attached hydrogens (tertiary/aromatic N) is 1. The van der Waals surface area contributed by atoms with Crippen molar-refractivity contribution in [3.8, 4) is 0 Å². The molecule has 1 atom stereocenters. The average Bonchev–Trinajstić information content (AvgIpc) is 2.53. The lowest BCUT2D eigenvalue weighted by Gasteiger charge is -2.22. The first-order chi connectivity index (χ1) is 11.9. The molecule has 4 heteroatoms. The van der Waals surface area contributed by atoms with Crippen LogP contribution in [-0.4, -0.2) is 48.9 Å². The second-order valence-electron chi connectivity index (χ2n) is 8.56. The highest BCUT2D eigenvalue weighted by Crippen LogP contribution is 2.18. The number of aliphatic hydroxyl groups is 1. The van der Waals surface area contributed by atoms with Gasteiger partial charge >= 0.3 is 0 Å². The molecule has 0 aliphatic heterocycles. The maximum Gasteiger partial charge on any atom is 0.273 e. The summed E-state index contributed by atoms with van der Waals surface area (Å²) >= 11 is 0. The molecule has 1 unspecified atom stereocenters. The first-order valence-electron chi connectivity index (χ1n) is 10.7. The Morgan fingerprint density at radius 2 is 1.08 bits per heavy atom. The molecule has 0 aliphatic carbocycles. The first-order valence-corrected chi connectivity index (χ1v) is 12.1. The number of unbranched alkanes of at least 4 members (excludes halogenated alkanes) is 13. The van der Waals surface area contributed by atoms with E-state index < -0.39 is 7.77 Å². The van der Waals surface area contributed by atoms with Crippen molar-refractivity contribution in [2.75, 3.05) is 33.8 Å². The Labute approximate surface area is 158 Å². The van der Waals surface area contributed by atoms with Gasteiger partial charge in [0.1, 0.15) is 6.16 Å². The zero-order chi connectivity index (χ0) is 19.0. The summed E-state index contributed by atoms with van der Waals surface area (Å²) in [6.07, 6.45) is 19.3. The molecule has 0 radical (unpaired) electrons. The highest BCUT2D eigenvalue weighted by atomic mass is 31.1. The molecule has 0 spiro atoms. The summed E-state index contributed by atoms with van der Waals surface area (Å²) in [6.45, 7) is 2.77. The Kier molecular flexibility index (Phi) is 16.3. The topological polar surface area (TPSA) is 43.3 Å². The Balaban J connectivity index is 3.37. The predicted molar refractivity (Wildman–Crippen MR) is 112 cm³/mol. The van der Waals surface area contributed by atoms with Crippen molar-refractivity contribution in [2.24, 2.45) is 0 Å². The van der Waals surface area contributed by atoms with Crippen molar-refractivity contribution >= 4 is 13.3 Å². The van der Waals surface area contributed by atoms with Gasteiger partial charge in [-0.2, -0.15) is 0 Å². The van der Waals surface area contributed by atoms with Crippen molar-refractivity contribution in [1.82, 2.24) is 0 Å². The fourth-order valence-electron chi connectivity index (χ4n) is 3.08. The van der Waals surface area contributed by atoms with Crippen LogP contribution in [0.2, 0.25) is 0 Å². The van der Waals surface area contributed by atoms with Gasteiger partial charge in [0.2, 0.25) is 0 Å². The molecule has 0 aromatic rings. The van der Waals surface area contributed by atoms with E-state index in [2.05, 4.69) is 6.92 Å². The first kappa shape index (κ1) is 25.1. The molecule has 0 amide bonds. The van der Waals surface area contributed by atoms with Gasteiger partial charge in [-0.1, -0.05) is 84.0 Å². The Bertz CT molecular complexity index is 337. The molecular weight excluding hydrogens is 329 g/mol. The summed E-state index contributed by atoms with van der Waals surface area (Å²) in [5.41, 5.74) is 0.192. The molecule has 0 aliphatic rings. The Hall–Kier alpha value is 0.0500. The molecule has 3 nitrogen and oxygen atoms in total. The highest BCUT2D eigenvalue weighted by molar-refractivity contribution is 7.51. The second kappa shape index (κ2) is 16.2. The molecule has 0 heterocycles. The van der Waals surface area contributed by atoms with Gasteiger partial charge in [0.15, 0.2) is 6.54 Å². The number of rotatable bonds is 17. The monoisotopic (exact) mass is 374 g/mol. The summed E-state index contributed by atoms with van der Waals surface area (Å²) in [7, 11) is 4.48. The van der Waals surface area contributed by atoms with Crippen LogP contribution in [0.5, 0.6) is 0 Å². The van der Waals surface area contributed by atoms with Gasteiger partial charge in [0, 0.05) is 0 Å². The maximum atomic E-state index is 12.0. The van der Waals surface area contributed by atoms with Crippen LogP contribution in [0, 0.1) is 0 Å². The third-order valence-corrected chi connectivity index (χ3v) is 6.06. The molecule has 0 aromatic heterocycles. The third-order valence-electron chi connectivity index (χ3n) is 4.62. The van der Waals surface area contributed by atoms with Crippen LogP contribution in [-0.2, 0) is 0 Å². The van der Waals surface area contributed by atoms with Crippen LogP contribution in [0.1, 0.15) is 96.8 Å². The van der Waals surface area contributed by atoms with Crippen molar-refractivity contribution in [3.63, 3.8) is 0 Å². The van der Waals surface area contributed by atoms with Gasteiger partial charge in [-0.25, -0.2) is 0 Å². The molecular formula is C21H45NO2P+. The number of quaternary nitrogens is 1. The number of hydrogen-bond acceptors (Lipinski definition) is 1. The van der Waals surface area contributed by atoms with Gasteiger partial charge in [-0.3, -0.25) is 0 Å². The number of likely N-dealkylation sites (N-methyl/N-ethyl adjacent to an activating group) is 1. The molecule has 1 N–H and O–H groups in total. The van der Waals surface area contributed by atoms with E-state index >= 15 is 0 Å². The van der Waals surface area contributed by atoms with E-state index in [-0.39, 0.29) is 5.48 Å². The predicted octanol–water partition coefficient (Wildman–Crippen LogP) is 5.43. The van der Waals surface area contributed by atoms with Gasteiger partial charge in [-0.05, 0) is 12.8 Å². The standard InChI is InChI=1S/C21H44NO2P/c1-5-6-7-8-9-10-11-12-13-14-15-16-17-18-19-25(24)21(23)20-22(2,3)4/h5-20H2,1-4H3/p+1. The average molecular weight is 375 g/mol. The minimum absolute atomic E-state index is 0.192. The van der Waals surface area contributed by atoms with Crippen LogP contribution < -0.4 is 4.89 Å². The molecule has 150 valence electrons. The zero-order valence-electron chi connectivity index (χ0n) is 17.6. The second-order valence-corrected chi connectivity index (χ2v) is 10.3. The maximum absolute atomic E-state index is 12.0. The van der Waals surface area contributed by atoms with E-state index in [0.717, 1.165) is 12.8 Å². The minimum atomic E-state index is -1.54. The summed E-state index contributed by atoms with van der Waals surface area (Å²) in [5.74, 6) is 0. The molecule has 0 aromatic carbocycles. The van der Waals surface area contributed by atoms with Gasteiger partial charge < -0.3 is 14.5 Å². The molecule has 0 saturated carbocycles. The molecule has 25 heavy (non-hydrogen) atoms. The van der Waals surface area contributed by atoms with Crippen molar-refractivity contribution < 1.29 is 14.5 Å². The summed E-state index contributed by atoms with van der Waals surface area (Å²) in [6, 6.07) is 0. The summed E-state index contributed by atoms with van der Waals surface area (Å²) < 4.78 is 0.631. The number of aliphatic hydroxyl groups excluding tert-OH is 1. The van der Waals surface area contributed by atoms with E-state index in [0.29, 0.717) is 17.2 Å². The molecule has 0 bridgehead atoms. The smallest absolute Gasteiger partial charge is 0.273 e. The lowest BCUT2D eigenvalue weighted by atomic mass is 10.0. The van der Waals surface area contributed by atoms with E-state index in [4.69, 9.17) is 0 Å². The van der Waals surface area contributed by atoms with E-state index in [1.165, 1.54) is 77.0 Å². The van der Waals surface area contributed by atoms with Gasteiger partial charge in [0.25, 0.3) is 5.48 Å². The Morgan fingerprint density at radius 3 is 1.44 bits per heavy atom. The third kappa shape index (κ3) is 18.6. The fourth-order valence-corrected chi connectivity index (χ4v) is 4.43. The number of hydrogen-bond donors (Lipinski definition) is 1. The molecule has 0 saturated heterocycles. The lowest BCUT2D eigenvalue weighted by Crippen LogP contribution is -2.39. The summed E-state index contributed by atoms with van der Waals surface area (Å²) in [5, 5.41) is 9.87. The molecule has 0 rings (SSSR count). The largest absolute Gasteiger partial charge is 0.629 e. The minimum Gasteiger partial charge on any atom is -0.629 e. The van der Waals surface area contributed by atoms with E-state index in [1.54, 1.807) is 0 Å². The lowest BCUT2D eigenvalue weighted by molar-refractivity contribution is -0.861. The van der Waals surface area contributed by atoms with Crippen LogP contribution in [0.25, 0.3) is 0 Å². The van der Waals surface area contributed by atoms with Crippen molar-refractivity contribution in [1.29, 1.82) is 0 Å². The van der Waals surface area contributed by atoms with Gasteiger partial charge in [-0.15, -0.1) is 0 Å². The highest BCUT2D eigenvalue weighted by Gasteiger charge is 2.16. The molecule has 0 fully saturated rings. The van der Waals surface area contributed by atoms with Crippen LogP contribution in [0.4, 0.5) is 0 Å². The quantitative estimate of drug-likeness (QED) is 0.209. The van der Waals surface area contributed by atoms with Crippen molar-refractivity contribution in [2.45, 2.75) is 96.8 Å². The van der Waals surface area contributed by atoms with Crippen LogP contribution in [0.15, 0.2) is 0 Å². The Morgan fingerprint density at radius 1 is 0.720 bits per heavy atom.